The predicted molar refractivity (Wildman–Crippen MR) is 113 cm³/mol. The molecule has 1 aliphatic heterocycles. The lowest BCUT2D eigenvalue weighted by atomic mass is 10.2. The van der Waals surface area contributed by atoms with Crippen LogP contribution in [0.15, 0.2) is 41.3 Å². The summed E-state index contributed by atoms with van der Waals surface area (Å²) in [4.78, 5) is 12.2. The number of rotatable bonds is 8. The van der Waals surface area contributed by atoms with Gasteiger partial charge in [-0.2, -0.15) is 0 Å². The number of nitrogens with one attached hydrogen (secondary N) is 2. The normalized spacial score (nSPS) is 13.2. The van der Waals surface area contributed by atoms with Crippen molar-refractivity contribution < 1.29 is 27.4 Å². The molecule has 0 aromatic heterocycles. The van der Waals surface area contributed by atoms with Gasteiger partial charge in [0.15, 0.2) is 18.1 Å². The number of anilines is 1. The minimum atomic E-state index is -3.67. The van der Waals surface area contributed by atoms with Gasteiger partial charge in [0.25, 0.3) is 5.91 Å². The largest absolute Gasteiger partial charge is 0.486 e. The number of carbonyl (C=O) groups excluding carboxylic acids is 1. The molecular formula is C20H23ClN2O6S. The Balaban J connectivity index is 1.58. The molecule has 0 spiro atoms. The van der Waals surface area contributed by atoms with Crippen molar-refractivity contribution in [3.05, 3.63) is 41.4 Å². The Kier molecular flexibility index (Phi) is 7.06. The van der Waals surface area contributed by atoms with Crippen LogP contribution in [0, 0.1) is 5.92 Å². The smallest absolute Gasteiger partial charge is 0.262 e. The van der Waals surface area contributed by atoms with Crippen molar-refractivity contribution in [2.24, 2.45) is 5.92 Å². The molecule has 3 rings (SSSR count). The third kappa shape index (κ3) is 5.78. The molecule has 8 nitrogen and oxygen atoms in total. The van der Waals surface area contributed by atoms with Gasteiger partial charge in [-0.3, -0.25) is 4.79 Å². The quantitative estimate of drug-likeness (QED) is 0.635. The number of benzene rings is 2. The van der Waals surface area contributed by atoms with Crippen LogP contribution in [-0.4, -0.2) is 40.7 Å². The van der Waals surface area contributed by atoms with Crippen LogP contribution in [0.25, 0.3) is 0 Å². The Labute approximate surface area is 180 Å². The molecule has 0 radical (unpaired) electrons. The van der Waals surface area contributed by atoms with E-state index in [2.05, 4.69) is 10.0 Å². The standard InChI is InChI=1S/C20H23ClN2O6S/c1-13(2)11-22-30(25,26)15-4-6-17(16(21)10-15)29-12-20(24)23-14-3-5-18-19(9-14)28-8-7-27-18/h3-6,9-10,13,22H,7-8,11-12H2,1-2H3,(H,23,24). The number of sulfonamides is 1. The van der Waals surface area contributed by atoms with E-state index in [1.54, 1.807) is 18.2 Å². The summed E-state index contributed by atoms with van der Waals surface area (Å²) in [7, 11) is -3.67. The number of fused-ring (bicyclic) bond motifs is 1. The van der Waals surface area contributed by atoms with Crippen LogP contribution in [-0.2, 0) is 14.8 Å². The molecule has 1 amide bonds. The first kappa shape index (κ1) is 22.2. The maximum atomic E-state index is 12.3. The van der Waals surface area contributed by atoms with Crippen LogP contribution in [0.5, 0.6) is 17.2 Å². The zero-order valence-electron chi connectivity index (χ0n) is 16.6. The zero-order valence-corrected chi connectivity index (χ0v) is 18.2. The van der Waals surface area contributed by atoms with E-state index in [4.69, 9.17) is 25.8 Å². The van der Waals surface area contributed by atoms with Crippen molar-refractivity contribution in [3.63, 3.8) is 0 Å². The molecule has 0 unspecified atom stereocenters. The molecule has 30 heavy (non-hydrogen) atoms. The lowest BCUT2D eigenvalue weighted by molar-refractivity contribution is -0.118. The van der Waals surface area contributed by atoms with E-state index in [-0.39, 0.29) is 28.2 Å². The topological polar surface area (TPSA) is 103 Å². The fourth-order valence-electron chi connectivity index (χ4n) is 2.59. The molecule has 10 heteroatoms. The number of ether oxygens (including phenoxy) is 3. The SMILES string of the molecule is CC(C)CNS(=O)(=O)c1ccc(OCC(=O)Nc2ccc3c(c2)OCCO3)c(Cl)c1. The van der Waals surface area contributed by atoms with Gasteiger partial charge in [0.1, 0.15) is 19.0 Å². The molecule has 1 aliphatic rings. The van der Waals surface area contributed by atoms with Crippen LogP contribution < -0.4 is 24.2 Å². The summed E-state index contributed by atoms with van der Waals surface area (Å²) in [5.41, 5.74) is 0.539. The second-order valence-corrected chi connectivity index (χ2v) is 9.21. The predicted octanol–water partition coefficient (Wildman–Crippen LogP) is 3.06. The van der Waals surface area contributed by atoms with Crippen LogP contribution in [0.2, 0.25) is 5.02 Å². The lowest BCUT2D eigenvalue weighted by Gasteiger charge is -2.19. The van der Waals surface area contributed by atoms with Gasteiger partial charge in [-0.1, -0.05) is 25.4 Å². The molecule has 0 saturated carbocycles. The summed E-state index contributed by atoms with van der Waals surface area (Å²) in [5.74, 6) is 1.16. The summed E-state index contributed by atoms with van der Waals surface area (Å²) in [6.45, 7) is 4.76. The van der Waals surface area contributed by atoms with Crippen molar-refractivity contribution in [1.29, 1.82) is 0 Å². The summed E-state index contributed by atoms with van der Waals surface area (Å²) < 4.78 is 43.4. The third-order valence-corrected chi connectivity index (χ3v) is 5.80. The summed E-state index contributed by atoms with van der Waals surface area (Å²) in [5, 5.41) is 2.79. The van der Waals surface area contributed by atoms with Gasteiger partial charge in [-0.05, 0) is 36.2 Å². The van der Waals surface area contributed by atoms with Crippen molar-refractivity contribution in [2.75, 3.05) is 31.7 Å². The first-order valence-electron chi connectivity index (χ1n) is 9.36. The molecule has 2 aromatic rings. The minimum absolute atomic E-state index is 0.0289. The molecule has 0 atom stereocenters. The number of carbonyl (C=O) groups is 1. The highest BCUT2D eigenvalue weighted by molar-refractivity contribution is 7.89. The first-order chi connectivity index (χ1) is 14.2. The molecule has 1 heterocycles. The summed E-state index contributed by atoms with van der Waals surface area (Å²) in [6.07, 6.45) is 0. The highest BCUT2D eigenvalue weighted by Gasteiger charge is 2.17. The second kappa shape index (κ2) is 9.55. The average Bonchev–Trinajstić information content (AvgIpc) is 2.71. The van der Waals surface area contributed by atoms with E-state index in [9.17, 15) is 13.2 Å². The summed E-state index contributed by atoms with van der Waals surface area (Å²) in [6, 6.07) is 9.17. The summed E-state index contributed by atoms with van der Waals surface area (Å²) >= 11 is 6.14. The number of hydrogen-bond acceptors (Lipinski definition) is 6. The van der Waals surface area contributed by atoms with E-state index < -0.39 is 15.9 Å². The Morgan fingerprint density at radius 3 is 2.57 bits per heavy atom. The van der Waals surface area contributed by atoms with Gasteiger partial charge in [0.2, 0.25) is 10.0 Å². The zero-order chi connectivity index (χ0) is 21.7. The molecule has 162 valence electrons. The van der Waals surface area contributed by atoms with E-state index >= 15 is 0 Å². The highest BCUT2D eigenvalue weighted by atomic mass is 35.5. The Morgan fingerprint density at radius 2 is 1.87 bits per heavy atom. The highest BCUT2D eigenvalue weighted by Crippen LogP contribution is 2.32. The fourth-order valence-corrected chi connectivity index (χ4v) is 4.13. The van der Waals surface area contributed by atoms with E-state index in [0.717, 1.165) is 0 Å². The van der Waals surface area contributed by atoms with E-state index in [1.165, 1.54) is 18.2 Å². The monoisotopic (exact) mass is 454 g/mol. The number of amides is 1. The Morgan fingerprint density at radius 1 is 1.13 bits per heavy atom. The molecule has 0 bridgehead atoms. The molecular weight excluding hydrogens is 432 g/mol. The van der Waals surface area contributed by atoms with Gasteiger partial charge in [-0.15, -0.1) is 0 Å². The van der Waals surface area contributed by atoms with Gasteiger partial charge < -0.3 is 19.5 Å². The Bertz CT molecular complexity index is 1030. The average molecular weight is 455 g/mol. The maximum absolute atomic E-state index is 12.3. The third-order valence-electron chi connectivity index (χ3n) is 4.08. The second-order valence-electron chi connectivity index (χ2n) is 7.03. The van der Waals surface area contributed by atoms with Crippen molar-refractivity contribution in [2.45, 2.75) is 18.7 Å². The van der Waals surface area contributed by atoms with Gasteiger partial charge in [0, 0.05) is 18.3 Å². The van der Waals surface area contributed by atoms with Gasteiger partial charge >= 0.3 is 0 Å². The van der Waals surface area contributed by atoms with E-state index in [1.807, 2.05) is 13.8 Å². The molecule has 2 N–H and O–H groups in total. The van der Waals surface area contributed by atoms with Crippen molar-refractivity contribution >= 4 is 33.2 Å². The number of hydrogen-bond donors (Lipinski definition) is 2. The lowest BCUT2D eigenvalue weighted by Crippen LogP contribution is -2.27. The Hall–Kier alpha value is -2.49. The first-order valence-corrected chi connectivity index (χ1v) is 11.2. The maximum Gasteiger partial charge on any atom is 0.262 e. The molecule has 0 aliphatic carbocycles. The van der Waals surface area contributed by atoms with Gasteiger partial charge in [0.05, 0.1) is 9.92 Å². The molecule has 0 saturated heterocycles. The molecule has 0 fully saturated rings. The van der Waals surface area contributed by atoms with Crippen LogP contribution in [0.4, 0.5) is 5.69 Å². The minimum Gasteiger partial charge on any atom is -0.486 e. The number of halogens is 1. The van der Waals surface area contributed by atoms with Crippen molar-refractivity contribution in [3.8, 4) is 17.2 Å². The van der Waals surface area contributed by atoms with Crippen LogP contribution in [0.1, 0.15) is 13.8 Å². The molecule has 2 aromatic carbocycles. The van der Waals surface area contributed by atoms with Crippen LogP contribution >= 0.6 is 11.6 Å². The van der Waals surface area contributed by atoms with Crippen molar-refractivity contribution in [1.82, 2.24) is 4.72 Å². The fraction of sp³-hybridized carbons (Fsp3) is 0.350. The van der Waals surface area contributed by atoms with E-state index in [0.29, 0.717) is 36.9 Å². The van der Waals surface area contributed by atoms with Crippen LogP contribution in [0.3, 0.4) is 0 Å². The van der Waals surface area contributed by atoms with Gasteiger partial charge in [-0.25, -0.2) is 13.1 Å².